The third kappa shape index (κ3) is 4.27. The molecule has 0 fully saturated rings. The van der Waals surface area contributed by atoms with Crippen LogP contribution in [-0.4, -0.2) is 25.4 Å². The van der Waals surface area contributed by atoms with Crippen molar-refractivity contribution in [1.82, 2.24) is 0 Å². The van der Waals surface area contributed by atoms with Crippen molar-refractivity contribution in [3.63, 3.8) is 0 Å². The summed E-state index contributed by atoms with van der Waals surface area (Å²) in [7, 11) is 1.68. The molecular weight excluding hydrogens is 372 g/mol. The Bertz CT molecular complexity index is 1050. The lowest BCUT2D eigenvalue weighted by Crippen LogP contribution is -1.99. The summed E-state index contributed by atoms with van der Waals surface area (Å²) >= 11 is 0. The number of rotatable bonds is 6. The van der Waals surface area contributed by atoms with Gasteiger partial charge >= 0.3 is 0 Å². The monoisotopic (exact) mass is 400 g/mol. The van der Waals surface area contributed by atoms with Crippen LogP contribution < -0.4 is 9.47 Å². The van der Waals surface area contributed by atoms with Gasteiger partial charge in [-0.15, -0.1) is 0 Å². The first kappa shape index (κ1) is 20.2. The zero-order chi connectivity index (χ0) is 20.9. The zero-order valence-corrected chi connectivity index (χ0v) is 17.7. The number of fused-ring (bicyclic) bond motifs is 1. The number of ether oxygens (including phenoxy) is 2. The molecule has 4 rings (SSSR count). The van der Waals surface area contributed by atoms with E-state index in [4.69, 9.17) is 9.47 Å². The van der Waals surface area contributed by atoms with Crippen LogP contribution >= 0.6 is 0 Å². The molecule has 0 atom stereocenters. The van der Waals surface area contributed by atoms with Gasteiger partial charge in [0.25, 0.3) is 0 Å². The second-order valence-corrected chi connectivity index (χ2v) is 7.70. The van der Waals surface area contributed by atoms with Crippen molar-refractivity contribution in [2.24, 2.45) is 0 Å². The van der Waals surface area contributed by atoms with Crippen molar-refractivity contribution < 1.29 is 14.6 Å². The fourth-order valence-electron chi connectivity index (χ4n) is 4.14. The van der Waals surface area contributed by atoms with Gasteiger partial charge in [-0.3, -0.25) is 0 Å². The van der Waals surface area contributed by atoms with Gasteiger partial charge in [0.05, 0.1) is 13.7 Å². The topological polar surface area (TPSA) is 38.7 Å². The van der Waals surface area contributed by atoms with Crippen LogP contribution in [0.25, 0.3) is 11.1 Å². The van der Waals surface area contributed by atoms with Crippen LogP contribution in [0.4, 0.5) is 0 Å². The minimum Gasteiger partial charge on any atom is -0.497 e. The quantitative estimate of drug-likeness (QED) is 0.596. The van der Waals surface area contributed by atoms with Crippen molar-refractivity contribution in [3.05, 3.63) is 94.5 Å². The summed E-state index contributed by atoms with van der Waals surface area (Å²) in [5.41, 5.74) is 8.75. The molecule has 0 unspecified atom stereocenters. The van der Waals surface area contributed by atoms with E-state index in [-0.39, 0.29) is 6.61 Å². The smallest absolute Gasteiger partial charge is 0.130 e. The van der Waals surface area contributed by atoms with Gasteiger partial charge in [-0.05, 0) is 65.3 Å². The Balaban J connectivity index is 1.83. The van der Waals surface area contributed by atoms with Gasteiger partial charge < -0.3 is 14.6 Å². The summed E-state index contributed by atoms with van der Waals surface area (Å²) in [6.45, 7) is 2.99. The van der Waals surface area contributed by atoms with Gasteiger partial charge in [0.1, 0.15) is 11.5 Å². The molecule has 30 heavy (non-hydrogen) atoms. The van der Waals surface area contributed by atoms with E-state index in [9.17, 15) is 5.11 Å². The summed E-state index contributed by atoms with van der Waals surface area (Å²) in [5, 5.41) is 9.19. The Kier molecular flexibility index (Phi) is 6.20. The molecule has 3 nitrogen and oxygen atoms in total. The number of allylic oxidation sites excluding steroid dienone is 1. The molecule has 0 saturated heterocycles. The largest absolute Gasteiger partial charge is 0.497 e. The molecule has 3 aromatic carbocycles. The van der Waals surface area contributed by atoms with Gasteiger partial charge in [0, 0.05) is 24.7 Å². The van der Waals surface area contributed by atoms with Crippen LogP contribution in [0.3, 0.4) is 0 Å². The SMILES string of the molecule is COc1ccc2c(c1)OCCC(c1ccccc1C)=C2Cc1ccc(CCO)cc1. The molecule has 0 bridgehead atoms. The van der Waals surface area contributed by atoms with E-state index in [2.05, 4.69) is 61.5 Å². The van der Waals surface area contributed by atoms with Crippen LogP contribution in [0.2, 0.25) is 0 Å². The molecule has 3 heteroatoms. The second-order valence-electron chi connectivity index (χ2n) is 7.70. The number of hydrogen-bond donors (Lipinski definition) is 1. The van der Waals surface area contributed by atoms with Crippen molar-refractivity contribution in [3.8, 4) is 11.5 Å². The van der Waals surface area contributed by atoms with Crippen LogP contribution in [0.1, 0.15) is 34.2 Å². The number of aliphatic hydroxyl groups is 1. The van der Waals surface area contributed by atoms with E-state index in [0.29, 0.717) is 13.0 Å². The first-order valence-electron chi connectivity index (χ1n) is 10.5. The maximum absolute atomic E-state index is 9.19. The Morgan fingerprint density at radius 1 is 0.933 bits per heavy atom. The Morgan fingerprint density at radius 2 is 1.70 bits per heavy atom. The lowest BCUT2D eigenvalue weighted by Gasteiger charge is -2.17. The van der Waals surface area contributed by atoms with E-state index in [1.165, 1.54) is 27.8 Å². The Hall–Kier alpha value is -3.04. The minimum absolute atomic E-state index is 0.175. The van der Waals surface area contributed by atoms with Gasteiger partial charge in [0.2, 0.25) is 0 Å². The molecular formula is C27H28O3. The third-order valence-electron chi connectivity index (χ3n) is 5.76. The molecule has 1 aliphatic heterocycles. The van der Waals surface area contributed by atoms with Crippen molar-refractivity contribution in [2.75, 3.05) is 20.3 Å². The maximum Gasteiger partial charge on any atom is 0.130 e. The number of methoxy groups -OCH3 is 1. The van der Waals surface area contributed by atoms with E-state index >= 15 is 0 Å². The third-order valence-corrected chi connectivity index (χ3v) is 5.76. The second kappa shape index (κ2) is 9.19. The summed E-state index contributed by atoms with van der Waals surface area (Å²) in [5.74, 6) is 1.69. The van der Waals surface area contributed by atoms with Crippen molar-refractivity contribution in [2.45, 2.75) is 26.2 Å². The molecule has 154 valence electrons. The molecule has 0 aromatic heterocycles. The van der Waals surface area contributed by atoms with Crippen LogP contribution in [0, 0.1) is 6.92 Å². The molecule has 3 aromatic rings. The molecule has 0 radical (unpaired) electrons. The highest BCUT2D eigenvalue weighted by molar-refractivity contribution is 5.94. The summed E-state index contributed by atoms with van der Waals surface area (Å²) < 4.78 is 11.6. The van der Waals surface area contributed by atoms with E-state index in [1.54, 1.807) is 7.11 Å². The molecule has 1 aliphatic rings. The molecule has 0 amide bonds. The number of aliphatic hydroxyl groups excluding tert-OH is 1. The van der Waals surface area contributed by atoms with E-state index < -0.39 is 0 Å². The molecule has 0 aliphatic carbocycles. The van der Waals surface area contributed by atoms with Gasteiger partial charge in [-0.1, -0.05) is 48.5 Å². The van der Waals surface area contributed by atoms with Crippen LogP contribution in [0.15, 0.2) is 66.7 Å². The highest BCUT2D eigenvalue weighted by atomic mass is 16.5. The van der Waals surface area contributed by atoms with Crippen LogP contribution in [0.5, 0.6) is 11.5 Å². The first-order chi connectivity index (χ1) is 14.7. The zero-order valence-electron chi connectivity index (χ0n) is 17.7. The maximum atomic E-state index is 9.19. The number of benzene rings is 3. The minimum atomic E-state index is 0.175. The van der Waals surface area contributed by atoms with Crippen molar-refractivity contribution >= 4 is 11.1 Å². The standard InChI is InChI=1S/C27H28O3/c1-19-5-3-4-6-23(19)24-14-16-30-27-18-22(29-2)11-12-25(27)26(24)17-21-9-7-20(8-10-21)13-15-28/h3-12,18,28H,13-17H2,1-2H3. The van der Waals surface area contributed by atoms with Gasteiger partial charge in [0.15, 0.2) is 0 Å². The van der Waals surface area contributed by atoms with Gasteiger partial charge in [-0.2, -0.15) is 0 Å². The first-order valence-corrected chi connectivity index (χ1v) is 10.5. The molecule has 1 heterocycles. The van der Waals surface area contributed by atoms with E-state index in [0.717, 1.165) is 35.5 Å². The fraction of sp³-hybridized carbons (Fsp3) is 0.259. The average Bonchev–Trinajstić information content (AvgIpc) is 2.94. The van der Waals surface area contributed by atoms with Crippen molar-refractivity contribution in [1.29, 1.82) is 0 Å². The fourth-order valence-corrected chi connectivity index (χ4v) is 4.14. The average molecular weight is 401 g/mol. The summed E-state index contributed by atoms with van der Waals surface area (Å²) in [6.07, 6.45) is 2.37. The highest BCUT2D eigenvalue weighted by Crippen LogP contribution is 2.41. The molecule has 1 N–H and O–H groups in total. The normalized spacial score (nSPS) is 13.4. The lowest BCUT2D eigenvalue weighted by atomic mass is 9.87. The number of aryl methyl sites for hydroxylation is 1. The summed E-state index contributed by atoms with van der Waals surface area (Å²) in [6, 6.07) is 23.3. The molecule has 0 saturated carbocycles. The highest BCUT2D eigenvalue weighted by Gasteiger charge is 2.21. The van der Waals surface area contributed by atoms with Gasteiger partial charge in [-0.25, -0.2) is 0 Å². The molecule has 0 spiro atoms. The summed E-state index contributed by atoms with van der Waals surface area (Å²) in [4.78, 5) is 0. The predicted octanol–water partition coefficient (Wildman–Crippen LogP) is 5.47. The Labute approximate surface area is 178 Å². The van der Waals surface area contributed by atoms with E-state index in [1.807, 2.05) is 12.1 Å². The Morgan fingerprint density at radius 3 is 2.43 bits per heavy atom. The number of hydrogen-bond acceptors (Lipinski definition) is 3. The van der Waals surface area contributed by atoms with Crippen LogP contribution in [-0.2, 0) is 12.8 Å². The predicted molar refractivity (Wildman–Crippen MR) is 122 cm³/mol. The lowest BCUT2D eigenvalue weighted by molar-refractivity contribution is 0.299.